The molecule has 2 saturated heterocycles. The third-order valence-corrected chi connectivity index (χ3v) is 7.47. The molecule has 0 radical (unpaired) electrons. The maximum atomic E-state index is 13.3. The van der Waals surface area contributed by atoms with Crippen molar-refractivity contribution in [3.05, 3.63) is 50.3 Å². The Morgan fingerprint density at radius 1 is 1.07 bits per heavy atom. The highest BCUT2D eigenvalue weighted by Gasteiger charge is 2.35. The molecule has 7 heteroatoms. The van der Waals surface area contributed by atoms with Crippen LogP contribution in [0, 0.1) is 5.92 Å². The zero-order chi connectivity index (χ0) is 19.8. The smallest absolute Gasteiger partial charge is 0.255 e. The second-order valence-electron chi connectivity index (χ2n) is 9.10. The summed E-state index contributed by atoms with van der Waals surface area (Å²) in [6.07, 6.45) is 2.40. The molecule has 2 fully saturated rings. The highest BCUT2D eigenvalue weighted by Crippen LogP contribution is 2.35. The average Bonchev–Trinajstić information content (AvgIpc) is 3.12. The predicted octanol–water partition coefficient (Wildman–Crippen LogP) is 2.06. The van der Waals surface area contributed by atoms with Crippen LogP contribution in [-0.4, -0.2) is 70.6 Å². The Hall–Kier alpha value is -1.54. The molecule has 5 heterocycles. The molecule has 2 bridgehead atoms. The molecule has 2 aromatic heterocycles. The first-order valence-electron chi connectivity index (χ1n) is 10.9. The van der Waals surface area contributed by atoms with Gasteiger partial charge in [0.05, 0.1) is 11.2 Å². The largest absolute Gasteiger partial charge is 0.312 e. The molecular weight excluding hydrogens is 382 g/mol. The Bertz CT molecular complexity index is 895. The van der Waals surface area contributed by atoms with Crippen LogP contribution in [0.25, 0.3) is 0 Å². The summed E-state index contributed by atoms with van der Waals surface area (Å²) < 4.78 is 2.11. The number of likely N-dealkylation sites (N-methyl/N-ethyl adjacent to an activating group) is 1. The number of thiazole rings is 1. The molecule has 0 amide bonds. The summed E-state index contributed by atoms with van der Waals surface area (Å²) in [4.78, 5) is 25.1. The summed E-state index contributed by atoms with van der Waals surface area (Å²) in [5.41, 5.74) is 5.55. The van der Waals surface area contributed by atoms with Crippen molar-refractivity contribution in [2.24, 2.45) is 5.92 Å². The van der Waals surface area contributed by atoms with Crippen molar-refractivity contribution < 1.29 is 0 Å². The number of rotatable bonds is 4. The summed E-state index contributed by atoms with van der Waals surface area (Å²) in [5.74, 6) is 1.04. The predicted molar refractivity (Wildman–Crippen MR) is 116 cm³/mol. The molecule has 2 atom stereocenters. The molecule has 6 nitrogen and oxygen atoms in total. The van der Waals surface area contributed by atoms with Gasteiger partial charge >= 0.3 is 0 Å². The minimum Gasteiger partial charge on any atom is -0.312 e. The van der Waals surface area contributed by atoms with Crippen LogP contribution < -0.4 is 5.56 Å². The molecular formula is C22H31N5OS. The summed E-state index contributed by atoms with van der Waals surface area (Å²) in [6.45, 7) is 9.08. The summed E-state index contributed by atoms with van der Waals surface area (Å²) >= 11 is 1.67. The Morgan fingerprint density at radius 2 is 2.00 bits per heavy atom. The van der Waals surface area contributed by atoms with Gasteiger partial charge < -0.3 is 9.47 Å². The van der Waals surface area contributed by atoms with Crippen LogP contribution in [0.1, 0.15) is 35.7 Å². The first-order valence-corrected chi connectivity index (χ1v) is 11.8. The SMILES string of the molecule is CN1CCCN(Cc2ccc3n(c2=O)C[C@H]2C[C@@H]3CN(Cc3cscn3)C2)CC1. The lowest BCUT2D eigenvalue weighted by Crippen LogP contribution is -2.47. The summed E-state index contributed by atoms with van der Waals surface area (Å²) in [5, 5.41) is 2.15. The fourth-order valence-electron chi connectivity index (χ4n) is 5.38. The Morgan fingerprint density at radius 3 is 2.86 bits per heavy atom. The van der Waals surface area contributed by atoms with Gasteiger partial charge in [-0.2, -0.15) is 0 Å². The maximum Gasteiger partial charge on any atom is 0.255 e. The molecule has 0 aromatic carbocycles. The minimum absolute atomic E-state index is 0.253. The van der Waals surface area contributed by atoms with Gasteiger partial charge in [-0.3, -0.25) is 14.6 Å². The molecule has 0 unspecified atom stereocenters. The van der Waals surface area contributed by atoms with E-state index in [1.807, 2.05) is 5.51 Å². The maximum absolute atomic E-state index is 13.3. The van der Waals surface area contributed by atoms with Crippen molar-refractivity contribution in [2.75, 3.05) is 46.3 Å². The van der Waals surface area contributed by atoms with Gasteiger partial charge in [-0.05, 0) is 45.0 Å². The molecule has 0 aliphatic carbocycles. The van der Waals surface area contributed by atoms with Gasteiger partial charge in [0.1, 0.15) is 0 Å². The number of likely N-dealkylation sites (tertiary alicyclic amines) is 1. The van der Waals surface area contributed by atoms with Crippen molar-refractivity contribution in [3.63, 3.8) is 0 Å². The van der Waals surface area contributed by atoms with Crippen LogP contribution in [-0.2, 0) is 19.6 Å². The van der Waals surface area contributed by atoms with Crippen LogP contribution in [0.2, 0.25) is 0 Å². The third kappa shape index (κ3) is 4.19. The highest BCUT2D eigenvalue weighted by molar-refractivity contribution is 7.07. The fraction of sp³-hybridized carbons (Fsp3) is 0.636. The first-order chi connectivity index (χ1) is 14.2. The van der Waals surface area contributed by atoms with Gasteiger partial charge in [-0.15, -0.1) is 11.3 Å². The number of nitrogens with zero attached hydrogens (tertiary/aromatic N) is 5. The van der Waals surface area contributed by atoms with Crippen molar-refractivity contribution in [2.45, 2.75) is 38.4 Å². The second-order valence-corrected chi connectivity index (χ2v) is 9.82. The monoisotopic (exact) mass is 413 g/mol. The van der Waals surface area contributed by atoms with Crippen molar-refractivity contribution in [1.29, 1.82) is 0 Å². The molecule has 0 N–H and O–H groups in total. The quantitative estimate of drug-likeness (QED) is 0.768. The number of hydrogen-bond donors (Lipinski definition) is 0. The molecule has 5 rings (SSSR count). The fourth-order valence-corrected chi connectivity index (χ4v) is 5.93. The van der Waals surface area contributed by atoms with E-state index in [1.54, 1.807) is 11.3 Å². The Labute approximate surface area is 176 Å². The highest BCUT2D eigenvalue weighted by atomic mass is 32.1. The molecule has 29 heavy (non-hydrogen) atoms. The molecule has 0 saturated carbocycles. The third-order valence-electron chi connectivity index (χ3n) is 6.83. The van der Waals surface area contributed by atoms with Gasteiger partial charge in [0.2, 0.25) is 0 Å². The lowest BCUT2D eigenvalue weighted by atomic mass is 9.83. The lowest BCUT2D eigenvalue weighted by molar-refractivity contribution is 0.113. The van der Waals surface area contributed by atoms with Gasteiger partial charge in [-0.1, -0.05) is 6.07 Å². The van der Waals surface area contributed by atoms with Crippen molar-refractivity contribution >= 4 is 11.3 Å². The zero-order valence-electron chi connectivity index (χ0n) is 17.3. The van der Waals surface area contributed by atoms with E-state index < -0.39 is 0 Å². The normalized spacial score (nSPS) is 26.2. The van der Waals surface area contributed by atoms with E-state index in [2.05, 4.69) is 48.8 Å². The topological polar surface area (TPSA) is 44.6 Å². The molecule has 156 valence electrons. The zero-order valence-corrected chi connectivity index (χ0v) is 18.1. The van der Waals surface area contributed by atoms with Crippen LogP contribution in [0.3, 0.4) is 0 Å². The van der Waals surface area contributed by atoms with Gasteiger partial charge in [0, 0.05) is 68.4 Å². The van der Waals surface area contributed by atoms with Gasteiger partial charge in [-0.25, -0.2) is 4.98 Å². The van der Waals surface area contributed by atoms with E-state index in [0.717, 1.165) is 64.5 Å². The number of piperidine rings is 1. The van der Waals surface area contributed by atoms with Crippen molar-refractivity contribution in [1.82, 2.24) is 24.3 Å². The van der Waals surface area contributed by atoms with E-state index in [1.165, 1.54) is 24.2 Å². The Balaban J connectivity index is 1.32. The second kappa shape index (κ2) is 8.30. The number of aromatic nitrogens is 2. The summed E-state index contributed by atoms with van der Waals surface area (Å²) in [7, 11) is 2.19. The van der Waals surface area contributed by atoms with E-state index in [4.69, 9.17) is 0 Å². The molecule has 2 aromatic rings. The first kappa shape index (κ1) is 19.4. The van der Waals surface area contributed by atoms with Gasteiger partial charge in [0.25, 0.3) is 5.56 Å². The van der Waals surface area contributed by atoms with Crippen molar-refractivity contribution in [3.8, 4) is 0 Å². The van der Waals surface area contributed by atoms with Crippen LogP contribution >= 0.6 is 11.3 Å². The van der Waals surface area contributed by atoms with E-state index >= 15 is 0 Å². The van der Waals surface area contributed by atoms with Gasteiger partial charge in [0.15, 0.2) is 0 Å². The number of pyridine rings is 1. The van der Waals surface area contributed by atoms with E-state index in [9.17, 15) is 4.79 Å². The average molecular weight is 414 g/mol. The van der Waals surface area contributed by atoms with E-state index in [0.29, 0.717) is 11.8 Å². The minimum atomic E-state index is 0.253. The molecule has 0 spiro atoms. The number of hydrogen-bond acceptors (Lipinski definition) is 6. The number of fused-ring (bicyclic) bond motifs is 4. The summed E-state index contributed by atoms with van der Waals surface area (Å²) in [6, 6.07) is 4.36. The molecule has 3 aliphatic rings. The van der Waals surface area contributed by atoms with Crippen LogP contribution in [0.4, 0.5) is 0 Å². The lowest BCUT2D eigenvalue weighted by Gasteiger charge is -2.42. The van der Waals surface area contributed by atoms with Crippen LogP contribution in [0.5, 0.6) is 0 Å². The molecule has 3 aliphatic heterocycles. The standard InChI is InChI=1S/C22H31N5OS/c1-24-5-2-6-25(8-7-24)12-18-3-4-21-19-9-17(11-27(21)22(18)28)10-26(13-19)14-20-15-29-16-23-20/h3-4,15-17,19H,2,5-14H2,1H3/t17-,19+/m0/s1. The van der Waals surface area contributed by atoms with E-state index in [-0.39, 0.29) is 5.56 Å². The van der Waals surface area contributed by atoms with Crippen LogP contribution in [0.15, 0.2) is 27.8 Å². The Kier molecular flexibility index (Phi) is 5.56.